The van der Waals surface area contributed by atoms with Gasteiger partial charge in [0, 0.05) is 5.41 Å². The van der Waals surface area contributed by atoms with Crippen molar-refractivity contribution in [3.8, 4) is 0 Å². The molecule has 2 bridgehead atoms. The molecule has 0 saturated heterocycles. The van der Waals surface area contributed by atoms with E-state index in [1.807, 2.05) is 13.8 Å². The SMILES string of the molecule is CC12CCCC(C)(C(O)CC1)C2(C)O. The molecule has 0 aliphatic heterocycles. The summed E-state index contributed by atoms with van der Waals surface area (Å²) in [5.74, 6) is 0. The topological polar surface area (TPSA) is 40.5 Å². The van der Waals surface area contributed by atoms with Crippen molar-refractivity contribution in [2.24, 2.45) is 10.8 Å². The van der Waals surface area contributed by atoms with E-state index >= 15 is 0 Å². The summed E-state index contributed by atoms with van der Waals surface area (Å²) in [7, 11) is 0. The fraction of sp³-hybridized carbons (Fsp3) is 1.00. The molecule has 0 aromatic heterocycles. The molecular weight excluding hydrogens is 176 g/mol. The lowest BCUT2D eigenvalue weighted by molar-refractivity contribution is -0.243. The van der Waals surface area contributed by atoms with E-state index in [4.69, 9.17) is 0 Å². The van der Waals surface area contributed by atoms with Crippen molar-refractivity contribution in [3.63, 3.8) is 0 Å². The van der Waals surface area contributed by atoms with E-state index in [2.05, 4.69) is 6.92 Å². The van der Waals surface area contributed by atoms with Crippen LogP contribution in [0.2, 0.25) is 0 Å². The van der Waals surface area contributed by atoms with Gasteiger partial charge in [-0.15, -0.1) is 0 Å². The van der Waals surface area contributed by atoms with Gasteiger partial charge in [-0.25, -0.2) is 0 Å². The second kappa shape index (κ2) is 2.73. The smallest absolute Gasteiger partial charge is 0.0750 e. The van der Waals surface area contributed by atoms with Gasteiger partial charge in [0.2, 0.25) is 0 Å². The minimum atomic E-state index is -0.712. The van der Waals surface area contributed by atoms with Gasteiger partial charge in [0.1, 0.15) is 0 Å². The molecule has 2 fully saturated rings. The molecule has 0 spiro atoms. The first kappa shape index (κ1) is 10.4. The van der Waals surface area contributed by atoms with Crippen LogP contribution in [0, 0.1) is 10.8 Å². The van der Waals surface area contributed by atoms with Crippen molar-refractivity contribution >= 4 is 0 Å². The van der Waals surface area contributed by atoms with Gasteiger partial charge in [0.15, 0.2) is 0 Å². The first-order valence-corrected chi connectivity index (χ1v) is 5.74. The van der Waals surface area contributed by atoms with Crippen molar-refractivity contribution in [2.45, 2.75) is 64.6 Å². The summed E-state index contributed by atoms with van der Waals surface area (Å²) in [6.07, 6.45) is 4.67. The maximum atomic E-state index is 10.7. The summed E-state index contributed by atoms with van der Waals surface area (Å²) < 4.78 is 0. The molecule has 2 aliphatic carbocycles. The Morgan fingerprint density at radius 3 is 2.29 bits per heavy atom. The van der Waals surface area contributed by atoms with Crippen LogP contribution in [0.1, 0.15) is 52.9 Å². The zero-order valence-electron chi connectivity index (χ0n) is 9.51. The third kappa shape index (κ3) is 0.989. The van der Waals surface area contributed by atoms with Gasteiger partial charge in [-0.2, -0.15) is 0 Å². The van der Waals surface area contributed by atoms with Crippen LogP contribution in [0.15, 0.2) is 0 Å². The quantitative estimate of drug-likeness (QED) is 0.625. The zero-order valence-corrected chi connectivity index (χ0v) is 9.51. The number of fused-ring (bicyclic) bond motifs is 2. The van der Waals surface area contributed by atoms with Gasteiger partial charge >= 0.3 is 0 Å². The van der Waals surface area contributed by atoms with Crippen molar-refractivity contribution in [1.29, 1.82) is 0 Å². The minimum absolute atomic E-state index is 0.0131. The molecule has 0 heterocycles. The summed E-state index contributed by atoms with van der Waals surface area (Å²) >= 11 is 0. The third-order valence-electron chi connectivity index (χ3n) is 5.42. The van der Waals surface area contributed by atoms with Crippen LogP contribution in [-0.4, -0.2) is 21.9 Å². The molecule has 2 rings (SSSR count). The first-order valence-electron chi connectivity index (χ1n) is 5.74. The molecule has 0 aromatic carbocycles. The molecule has 14 heavy (non-hydrogen) atoms. The monoisotopic (exact) mass is 198 g/mol. The summed E-state index contributed by atoms with van der Waals surface area (Å²) in [6, 6.07) is 0. The summed E-state index contributed by atoms with van der Waals surface area (Å²) in [5, 5.41) is 20.8. The van der Waals surface area contributed by atoms with Crippen LogP contribution < -0.4 is 0 Å². The Morgan fingerprint density at radius 2 is 1.71 bits per heavy atom. The van der Waals surface area contributed by atoms with Crippen LogP contribution in [-0.2, 0) is 0 Å². The Bertz CT molecular complexity index is 246. The lowest BCUT2D eigenvalue weighted by Crippen LogP contribution is -2.65. The molecule has 0 radical (unpaired) electrons. The van der Waals surface area contributed by atoms with Gasteiger partial charge in [-0.3, -0.25) is 0 Å². The van der Waals surface area contributed by atoms with Gasteiger partial charge < -0.3 is 10.2 Å². The molecule has 4 unspecified atom stereocenters. The molecule has 0 aromatic rings. The number of hydrogen-bond acceptors (Lipinski definition) is 2. The van der Waals surface area contributed by atoms with E-state index in [1.54, 1.807) is 0 Å². The minimum Gasteiger partial charge on any atom is -0.392 e. The van der Waals surface area contributed by atoms with E-state index in [9.17, 15) is 10.2 Å². The van der Waals surface area contributed by atoms with Gasteiger partial charge in [0.25, 0.3) is 0 Å². The Hall–Kier alpha value is -0.0800. The Labute approximate surface area is 86.3 Å². The van der Waals surface area contributed by atoms with Gasteiger partial charge in [-0.05, 0) is 38.0 Å². The average molecular weight is 198 g/mol. The first-order chi connectivity index (χ1) is 6.33. The van der Waals surface area contributed by atoms with E-state index in [-0.39, 0.29) is 16.9 Å². The third-order valence-corrected chi connectivity index (χ3v) is 5.42. The molecule has 2 saturated carbocycles. The highest BCUT2D eigenvalue weighted by Gasteiger charge is 2.62. The molecule has 2 aliphatic rings. The van der Waals surface area contributed by atoms with Crippen LogP contribution in [0.3, 0.4) is 0 Å². The highest BCUT2D eigenvalue weighted by Crippen LogP contribution is 2.61. The lowest BCUT2D eigenvalue weighted by atomic mass is 9.46. The fourth-order valence-electron chi connectivity index (χ4n) is 3.66. The van der Waals surface area contributed by atoms with E-state index in [1.165, 1.54) is 0 Å². The molecule has 2 N–H and O–H groups in total. The van der Waals surface area contributed by atoms with Crippen LogP contribution >= 0.6 is 0 Å². The number of rotatable bonds is 0. The predicted octanol–water partition coefficient (Wildman–Crippen LogP) is 2.09. The van der Waals surface area contributed by atoms with Crippen LogP contribution in [0.4, 0.5) is 0 Å². The van der Waals surface area contributed by atoms with Crippen molar-refractivity contribution in [2.75, 3.05) is 0 Å². The van der Waals surface area contributed by atoms with Crippen LogP contribution in [0.5, 0.6) is 0 Å². The van der Waals surface area contributed by atoms with Crippen molar-refractivity contribution in [1.82, 2.24) is 0 Å². The van der Waals surface area contributed by atoms with E-state index in [0.717, 1.165) is 32.1 Å². The zero-order chi connectivity index (χ0) is 10.6. The second-order valence-electron chi connectivity index (χ2n) is 5.96. The van der Waals surface area contributed by atoms with Gasteiger partial charge in [0.05, 0.1) is 11.7 Å². The van der Waals surface area contributed by atoms with Crippen LogP contribution in [0.25, 0.3) is 0 Å². The molecular formula is C12H22O2. The summed E-state index contributed by atoms with van der Waals surface area (Å²) in [5.41, 5.74) is -0.993. The van der Waals surface area contributed by atoms with Crippen molar-refractivity contribution in [3.05, 3.63) is 0 Å². The molecule has 2 heteroatoms. The fourth-order valence-corrected chi connectivity index (χ4v) is 3.66. The summed E-state index contributed by atoms with van der Waals surface area (Å²) in [6.45, 7) is 6.15. The maximum Gasteiger partial charge on any atom is 0.0750 e. The predicted molar refractivity (Wildman–Crippen MR) is 55.9 cm³/mol. The molecule has 2 nitrogen and oxygen atoms in total. The molecule has 82 valence electrons. The Balaban J connectivity index is 2.44. The van der Waals surface area contributed by atoms with E-state index < -0.39 is 5.60 Å². The standard InChI is InChI=1S/C12H22O2/c1-10-6-4-7-11(2,12(10,3)14)9(13)5-8-10/h9,13-14H,4-8H2,1-3H3. The number of aliphatic hydroxyl groups excluding tert-OH is 1. The highest BCUT2D eigenvalue weighted by molar-refractivity contribution is 5.12. The second-order valence-corrected chi connectivity index (χ2v) is 5.96. The normalized spacial score (nSPS) is 58.5. The van der Waals surface area contributed by atoms with Crippen molar-refractivity contribution < 1.29 is 10.2 Å². The molecule has 4 atom stereocenters. The lowest BCUT2D eigenvalue weighted by Gasteiger charge is -2.62. The Morgan fingerprint density at radius 1 is 1.07 bits per heavy atom. The average Bonchev–Trinajstić information content (AvgIpc) is 2.09. The Kier molecular flexibility index (Phi) is 2.04. The van der Waals surface area contributed by atoms with Gasteiger partial charge in [-0.1, -0.05) is 20.3 Å². The largest absolute Gasteiger partial charge is 0.392 e. The van der Waals surface area contributed by atoms with E-state index in [0.29, 0.717) is 0 Å². The summed E-state index contributed by atoms with van der Waals surface area (Å²) in [4.78, 5) is 0. The molecule has 0 amide bonds. The highest BCUT2D eigenvalue weighted by atomic mass is 16.3. The number of aliphatic hydroxyl groups is 2. The maximum absolute atomic E-state index is 10.7. The number of hydrogen-bond donors (Lipinski definition) is 2.